The topological polar surface area (TPSA) is 34.1 Å². The van der Waals surface area contributed by atoms with E-state index in [2.05, 4.69) is 10.3 Å². The van der Waals surface area contributed by atoms with Crippen molar-refractivity contribution < 1.29 is 13.5 Å². The van der Waals surface area contributed by atoms with Gasteiger partial charge in [-0.05, 0) is 18.1 Å². The van der Waals surface area contributed by atoms with E-state index in [0.29, 0.717) is 6.42 Å². The lowest BCUT2D eigenvalue weighted by atomic mass is 10.1. The molecule has 0 saturated carbocycles. The molecule has 0 bridgehead atoms. The maximum atomic E-state index is 12.0. The second kappa shape index (κ2) is 6.39. The molecule has 1 aliphatic rings. The van der Waals surface area contributed by atoms with E-state index in [4.69, 9.17) is 27.9 Å². The first kappa shape index (κ1) is 14.3. The van der Waals surface area contributed by atoms with Crippen LogP contribution in [0.25, 0.3) is 0 Å². The van der Waals surface area contributed by atoms with Crippen LogP contribution in [0.4, 0.5) is 8.78 Å². The van der Waals surface area contributed by atoms with Gasteiger partial charge in [0.15, 0.2) is 6.61 Å². The van der Waals surface area contributed by atoms with Gasteiger partial charge in [0, 0.05) is 29.9 Å². The van der Waals surface area contributed by atoms with E-state index in [-0.39, 0.29) is 16.9 Å². The molecule has 1 unspecified atom stereocenters. The highest BCUT2D eigenvalue weighted by atomic mass is 35.5. The molecule has 1 aromatic heterocycles. The summed E-state index contributed by atoms with van der Waals surface area (Å²) in [5.74, 6) is 0.0289. The fourth-order valence-corrected chi connectivity index (χ4v) is 2.29. The summed E-state index contributed by atoms with van der Waals surface area (Å²) in [5.41, 5.74) is 0.895. The molecule has 1 aliphatic heterocycles. The predicted octanol–water partition coefficient (Wildman–Crippen LogP) is 3.36. The van der Waals surface area contributed by atoms with Gasteiger partial charge in [0.25, 0.3) is 6.43 Å². The standard InChI is InChI=1S/C12H12Cl2F2N2O/c13-8-3-9(17-5-8)1-7-2-10(14)12(18-4-7)19-6-11(15)16/h2,4-5,9,11,17H,1,3,6H2. The number of nitrogens with one attached hydrogen (secondary N) is 1. The zero-order valence-corrected chi connectivity index (χ0v) is 11.4. The molecule has 2 rings (SSSR count). The third-order valence-electron chi connectivity index (χ3n) is 2.61. The van der Waals surface area contributed by atoms with Crippen LogP contribution in [0.5, 0.6) is 5.88 Å². The second-order valence-corrected chi connectivity index (χ2v) is 5.09. The smallest absolute Gasteiger partial charge is 0.272 e. The van der Waals surface area contributed by atoms with Crippen molar-refractivity contribution in [3.8, 4) is 5.88 Å². The molecular formula is C12H12Cl2F2N2O. The summed E-state index contributed by atoms with van der Waals surface area (Å²) in [7, 11) is 0. The molecule has 0 aromatic carbocycles. The normalized spacial score (nSPS) is 18.4. The average Bonchev–Trinajstić information content (AvgIpc) is 2.73. The number of alkyl halides is 2. The van der Waals surface area contributed by atoms with Crippen LogP contribution in [0.2, 0.25) is 5.02 Å². The maximum absolute atomic E-state index is 12.0. The molecule has 3 nitrogen and oxygen atoms in total. The minimum atomic E-state index is -2.55. The molecule has 2 heterocycles. The van der Waals surface area contributed by atoms with Crippen molar-refractivity contribution >= 4 is 23.2 Å². The van der Waals surface area contributed by atoms with Crippen LogP contribution in [0, 0.1) is 0 Å². The van der Waals surface area contributed by atoms with E-state index in [0.717, 1.165) is 17.0 Å². The Morgan fingerprint density at radius 3 is 2.84 bits per heavy atom. The Hall–Kier alpha value is -1.07. The predicted molar refractivity (Wildman–Crippen MR) is 69.9 cm³/mol. The van der Waals surface area contributed by atoms with Crippen molar-refractivity contribution in [1.82, 2.24) is 10.3 Å². The summed E-state index contributed by atoms with van der Waals surface area (Å²) in [6, 6.07) is 1.88. The van der Waals surface area contributed by atoms with Gasteiger partial charge in [-0.3, -0.25) is 0 Å². The van der Waals surface area contributed by atoms with Gasteiger partial charge in [-0.1, -0.05) is 23.2 Å². The third-order valence-corrected chi connectivity index (χ3v) is 3.14. The van der Waals surface area contributed by atoms with Crippen molar-refractivity contribution in [2.45, 2.75) is 25.3 Å². The van der Waals surface area contributed by atoms with Gasteiger partial charge < -0.3 is 10.1 Å². The minimum Gasteiger partial charge on any atom is -0.471 e. The van der Waals surface area contributed by atoms with E-state index in [1.807, 2.05) is 0 Å². The number of nitrogens with zero attached hydrogens (tertiary/aromatic N) is 1. The van der Waals surface area contributed by atoms with Crippen LogP contribution in [0.1, 0.15) is 12.0 Å². The van der Waals surface area contributed by atoms with E-state index < -0.39 is 13.0 Å². The Bertz CT molecular complexity index is 483. The second-order valence-electron chi connectivity index (χ2n) is 4.20. The van der Waals surface area contributed by atoms with Crippen LogP contribution < -0.4 is 10.1 Å². The summed E-state index contributed by atoms with van der Waals surface area (Å²) in [4.78, 5) is 3.95. The largest absolute Gasteiger partial charge is 0.471 e. The molecule has 1 N–H and O–H groups in total. The SMILES string of the molecule is FC(F)COc1ncc(CC2CC(Cl)=CN2)cc1Cl. The van der Waals surface area contributed by atoms with Crippen LogP contribution in [0.3, 0.4) is 0 Å². The Morgan fingerprint density at radius 1 is 1.47 bits per heavy atom. The summed E-state index contributed by atoms with van der Waals surface area (Å²) < 4.78 is 28.8. The Morgan fingerprint density at radius 2 is 2.26 bits per heavy atom. The molecule has 7 heteroatoms. The third kappa shape index (κ3) is 4.21. The van der Waals surface area contributed by atoms with E-state index >= 15 is 0 Å². The molecule has 0 fully saturated rings. The maximum Gasteiger partial charge on any atom is 0.272 e. The van der Waals surface area contributed by atoms with Gasteiger partial charge in [0.05, 0.1) is 0 Å². The summed E-state index contributed by atoms with van der Waals surface area (Å²) >= 11 is 11.8. The number of rotatable bonds is 5. The fraction of sp³-hybridized carbons (Fsp3) is 0.417. The highest BCUT2D eigenvalue weighted by Gasteiger charge is 2.16. The number of pyridine rings is 1. The zero-order chi connectivity index (χ0) is 13.8. The van der Waals surface area contributed by atoms with Crippen molar-refractivity contribution in [1.29, 1.82) is 0 Å². The Balaban J connectivity index is 1.95. The fourth-order valence-electron chi connectivity index (χ4n) is 1.80. The number of halogens is 4. The molecule has 19 heavy (non-hydrogen) atoms. The first-order valence-electron chi connectivity index (χ1n) is 5.70. The highest BCUT2D eigenvalue weighted by molar-refractivity contribution is 6.31. The molecule has 0 spiro atoms. The van der Waals surface area contributed by atoms with Crippen LogP contribution in [-0.2, 0) is 6.42 Å². The van der Waals surface area contributed by atoms with Crippen molar-refractivity contribution in [2.75, 3.05) is 6.61 Å². The van der Waals surface area contributed by atoms with Crippen LogP contribution in [0.15, 0.2) is 23.5 Å². The molecule has 1 atom stereocenters. The molecule has 1 aromatic rings. The van der Waals surface area contributed by atoms with Gasteiger partial charge in [-0.2, -0.15) is 0 Å². The van der Waals surface area contributed by atoms with Crippen molar-refractivity contribution in [2.24, 2.45) is 0 Å². The molecule has 0 saturated heterocycles. The number of ether oxygens (including phenoxy) is 1. The van der Waals surface area contributed by atoms with E-state index in [1.165, 1.54) is 0 Å². The van der Waals surface area contributed by atoms with Gasteiger partial charge in [-0.15, -0.1) is 0 Å². The van der Waals surface area contributed by atoms with E-state index in [9.17, 15) is 8.78 Å². The molecule has 0 radical (unpaired) electrons. The first-order valence-corrected chi connectivity index (χ1v) is 6.46. The van der Waals surface area contributed by atoms with Crippen LogP contribution >= 0.6 is 23.2 Å². The summed E-state index contributed by atoms with van der Waals surface area (Å²) in [6.45, 7) is -0.713. The lowest BCUT2D eigenvalue weighted by Crippen LogP contribution is -2.21. The first-order chi connectivity index (χ1) is 9.04. The molecule has 0 amide bonds. The Kier molecular flexibility index (Phi) is 4.82. The summed E-state index contributed by atoms with van der Waals surface area (Å²) in [6.07, 6.45) is 2.24. The highest BCUT2D eigenvalue weighted by Crippen LogP contribution is 2.25. The number of hydrogen-bond acceptors (Lipinski definition) is 3. The monoisotopic (exact) mass is 308 g/mol. The van der Waals surface area contributed by atoms with Crippen molar-refractivity contribution in [3.63, 3.8) is 0 Å². The zero-order valence-electron chi connectivity index (χ0n) is 9.88. The molecule has 104 valence electrons. The lowest BCUT2D eigenvalue weighted by Gasteiger charge is -2.12. The van der Waals surface area contributed by atoms with Crippen molar-refractivity contribution in [3.05, 3.63) is 34.1 Å². The van der Waals surface area contributed by atoms with Gasteiger partial charge in [0.2, 0.25) is 5.88 Å². The molecule has 0 aliphatic carbocycles. The quantitative estimate of drug-likeness (QED) is 0.905. The van der Waals surface area contributed by atoms with Gasteiger partial charge in [0.1, 0.15) is 5.02 Å². The lowest BCUT2D eigenvalue weighted by molar-refractivity contribution is 0.0796. The van der Waals surface area contributed by atoms with E-state index in [1.54, 1.807) is 18.5 Å². The van der Waals surface area contributed by atoms with Gasteiger partial charge >= 0.3 is 0 Å². The molecular weight excluding hydrogens is 297 g/mol. The number of hydrogen-bond donors (Lipinski definition) is 1. The average molecular weight is 309 g/mol. The van der Waals surface area contributed by atoms with Crippen LogP contribution in [-0.4, -0.2) is 24.1 Å². The summed E-state index contributed by atoms with van der Waals surface area (Å²) in [5, 5.41) is 4.14. The van der Waals surface area contributed by atoms with Gasteiger partial charge in [-0.25, -0.2) is 13.8 Å². The minimum absolute atomic E-state index is 0.0289. The Labute approximate surface area is 119 Å². The number of aromatic nitrogens is 1.